The summed E-state index contributed by atoms with van der Waals surface area (Å²) in [6, 6.07) is 3.71. The van der Waals surface area contributed by atoms with E-state index in [2.05, 4.69) is 15.2 Å². The molecule has 40 heavy (non-hydrogen) atoms. The molecule has 1 fully saturated rings. The fourth-order valence-electron chi connectivity index (χ4n) is 4.85. The van der Waals surface area contributed by atoms with Crippen LogP contribution in [0, 0.1) is 5.82 Å². The summed E-state index contributed by atoms with van der Waals surface area (Å²) < 4.78 is 48.1. The van der Waals surface area contributed by atoms with Crippen molar-refractivity contribution in [3.63, 3.8) is 0 Å². The second-order valence-corrected chi connectivity index (χ2v) is 10.4. The fourth-order valence-corrected chi connectivity index (χ4v) is 4.85. The molecule has 12 heteroatoms. The topological polar surface area (TPSA) is 98.0 Å². The van der Waals surface area contributed by atoms with Gasteiger partial charge < -0.3 is 29.7 Å². The van der Waals surface area contributed by atoms with Gasteiger partial charge in [-0.05, 0) is 51.9 Å². The van der Waals surface area contributed by atoms with E-state index in [0.29, 0.717) is 49.9 Å². The number of amides is 2. The van der Waals surface area contributed by atoms with Gasteiger partial charge in [0.1, 0.15) is 5.82 Å². The van der Waals surface area contributed by atoms with Crippen molar-refractivity contribution in [1.29, 1.82) is 0 Å². The Hall–Kier alpha value is -3.80. The smallest absolute Gasteiger partial charge is 0.410 e. The molecule has 1 aromatic carbocycles. The highest BCUT2D eigenvalue weighted by Gasteiger charge is 2.28. The number of piperazine rings is 1. The molecule has 0 unspecified atom stereocenters. The number of aromatic amines is 1. The molecule has 1 atom stereocenters. The maximum atomic E-state index is 15.6. The molecule has 2 N–H and O–H groups in total. The zero-order valence-corrected chi connectivity index (χ0v) is 23.0. The highest BCUT2D eigenvalue weighted by molar-refractivity contribution is 6.07. The van der Waals surface area contributed by atoms with Crippen LogP contribution in [0.5, 0.6) is 0 Å². The summed E-state index contributed by atoms with van der Waals surface area (Å²) in [5, 5.41) is 2.69. The molecule has 4 rings (SSSR count). The minimum absolute atomic E-state index is 0.155. The quantitative estimate of drug-likeness (QED) is 0.540. The van der Waals surface area contributed by atoms with Crippen molar-refractivity contribution >= 4 is 28.9 Å². The van der Waals surface area contributed by atoms with E-state index < -0.39 is 35.4 Å². The normalized spacial score (nSPS) is 18.2. The van der Waals surface area contributed by atoms with E-state index in [4.69, 9.17) is 4.74 Å². The van der Waals surface area contributed by atoms with E-state index in [-0.39, 0.29) is 35.5 Å². The molecule has 1 aromatic heterocycles. The van der Waals surface area contributed by atoms with E-state index in [1.54, 1.807) is 19.9 Å². The third-order valence-electron chi connectivity index (χ3n) is 7.22. The second kappa shape index (κ2) is 12.2. The van der Waals surface area contributed by atoms with Gasteiger partial charge in [-0.3, -0.25) is 9.59 Å². The van der Waals surface area contributed by atoms with Gasteiger partial charge in [0.25, 0.3) is 12.3 Å². The van der Waals surface area contributed by atoms with Gasteiger partial charge in [-0.15, -0.1) is 0 Å². The van der Waals surface area contributed by atoms with Crippen molar-refractivity contribution < 1.29 is 27.5 Å². The first-order valence-corrected chi connectivity index (χ1v) is 13.2. The molecule has 2 aliphatic rings. The summed E-state index contributed by atoms with van der Waals surface area (Å²) in [6.45, 7) is 7.95. The molecule has 3 heterocycles. The molecule has 0 bridgehead atoms. The predicted octanol–water partition coefficient (Wildman–Crippen LogP) is 4.48. The number of pyridine rings is 1. The van der Waals surface area contributed by atoms with Crippen LogP contribution in [0.3, 0.4) is 0 Å². The van der Waals surface area contributed by atoms with Gasteiger partial charge in [-0.25, -0.2) is 18.0 Å². The van der Waals surface area contributed by atoms with Crippen molar-refractivity contribution in [3.8, 4) is 0 Å². The second-order valence-electron chi connectivity index (χ2n) is 10.4. The molecule has 0 radical (unpaired) electrons. The Labute approximate surface area is 230 Å². The van der Waals surface area contributed by atoms with E-state index >= 15 is 4.39 Å². The average Bonchev–Trinajstić information content (AvgIpc) is 2.90. The summed E-state index contributed by atoms with van der Waals surface area (Å²) in [5.74, 6) is -1.35. The Morgan fingerprint density at radius 1 is 1.15 bits per heavy atom. The largest absolute Gasteiger partial charge is 0.447 e. The molecule has 2 aliphatic heterocycles. The van der Waals surface area contributed by atoms with E-state index in [9.17, 15) is 23.2 Å². The van der Waals surface area contributed by atoms with Crippen LogP contribution in [0.1, 0.15) is 55.1 Å². The fraction of sp³-hybridized carbons (Fsp3) is 0.464. The Bertz CT molecular complexity index is 1360. The van der Waals surface area contributed by atoms with E-state index in [0.717, 1.165) is 6.20 Å². The third kappa shape index (κ3) is 6.49. The van der Waals surface area contributed by atoms with Crippen molar-refractivity contribution in [1.82, 2.24) is 14.8 Å². The number of halogens is 3. The summed E-state index contributed by atoms with van der Waals surface area (Å²) >= 11 is 0. The first-order chi connectivity index (χ1) is 18.9. The zero-order valence-electron chi connectivity index (χ0n) is 23.0. The number of carbonyl (C=O) groups excluding carboxylic acids is 2. The number of H-pyrrole nitrogens is 1. The standard InChI is InChI=1S/C28H34F3N5O4/c1-16(2)40-28(39)35-7-5-18(6-8-35)19-11-23(24(13-22(19)29)36-10-9-34(4)17(3)15-36)33-27(38)21-14-32-25(37)12-20(21)26(30)31/h5,11-14,16-17,26H,6-10,15H2,1-4H3,(H,32,37)(H,33,38)/t17-/m1/s1. The molecule has 216 valence electrons. The Balaban J connectivity index is 1.69. The maximum absolute atomic E-state index is 15.6. The van der Waals surface area contributed by atoms with Crippen LogP contribution in [0.4, 0.5) is 29.3 Å². The number of ether oxygens (including phenoxy) is 1. The molecular formula is C28H34F3N5O4. The van der Waals surface area contributed by atoms with Crippen molar-refractivity contribution in [3.05, 3.63) is 63.3 Å². The van der Waals surface area contributed by atoms with Crippen LogP contribution in [-0.2, 0) is 4.74 Å². The van der Waals surface area contributed by atoms with E-state index in [1.807, 2.05) is 18.9 Å². The highest BCUT2D eigenvalue weighted by atomic mass is 19.3. The van der Waals surface area contributed by atoms with Gasteiger partial charge in [0.15, 0.2) is 0 Å². The lowest BCUT2D eigenvalue weighted by molar-refractivity contribution is 0.0799. The van der Waals surface area contributed by atoms with Crippen LogP contribution in [-0.4, -0.2) is 78.7 Å². The summed E-state index contributed by atoms with van der Waals surface area (Å²) in [7, 11) is 1.99. The molecule has 0 spiro atoms. The lowest BCUT2D eigenvalue weighted by Gasteiger charge is -2.40. The van der Waals surface area contributed by atoms with Crippen LogP contribution >= 0.6 is 0 Å². The minimum atomic E-state index is -3.04. The number of benzene rings is 1. The number of aromatic nitrogens is 1. The maximum Gasteiger partial charge on any atom is 0.410 e. The van der Waals surface area contributed by atoms with Crippen molar-refractivity contribution in [2.45, 2.75) is 45.8 Å². The molecule has 2 aromatic rings. The van der Waals surface area contributed by atoms with Crippen LogP contribution < -0.4 is 15.8 Å². The van der Waals surface area contributed by atoms with Gasteiger partial charge in [0, 0.05) is 62.2 Å². The van der Waals surface area contributed by atoms with Crippen LogP contribution in [0.25, 0.3) is 5.57 Å². The Morgan fingerprint density at radius 2 is 1.90 bits per heavy atom. The van der Waals surface area contributed by atoms with Gasteiger partial charge in [0.2, 0.25) is 5.56 Å². The average molecular weight is 562 g/mol. The third-order valence-corrected chi connectivity index (χ3v) is 7.22. The summed E-state index contributed by atoms with van der Waals surface area (Å²) in [4.78, 5) is 45.0. The highest BCUT2D eigenvalue weighted by Crippen LogP contribution is 2.36. The van der Waals surface area contributed by atoms with Crippen LogP contribution in [0.15, 0.2) is 35.3 Å². The lowest BCUT2D eigenvalue weighted by atomic mass is 9.97. The molecule has 1 saturated heterocycles. The number of nitrogens with zero attached hydrogens (tertiary/aromatic N) is 3. The predicted molar refractivity (Wildman–Crippen MR) is 146 cm³/mol. The molecule has 0 aliphatic carbocycles. The monoisotopic (exact) mass is 561 g/mol. The summed E-state index contributed by atoms with van der Waals surface area (Å²) in [5.41, 5.74) is -0.247. The molecular weight excluding hydrogens is 527 g/mol. The minimum Gasteiger partial charge on any atom is -0.447 e. The number of carbonyl (C=O) groups is 2. The van der Waals surface area contributed by atoms with Gasteiger partial charge in [-0.1, -0.05) is 6.08 Å². The zero-order chi connectivity index (χ0) is 29.1. The number of hydrogen-bond donors (Lipinski definition) is 2. The number of rotatable bonds is 6. The number of hydrogen-bond acceptors (Lipinski definition) is 6. The van der Waals surface area contributed by atoms with Gasteiger partial charge in [-0.2, -0.15) is 0 Å². The lowest BCUT2D eigenvalue weighted by Crippen LogP contribution is -2.50. The Morgan fingerprint density at radius 3 is 2.52 bits per heavy atom. The molecule has 2 amide bonds. The van der Waals surface area contributed by atoms with Crippen molar-refractivity contribution in [2.24, 2.45) is 0 Å². The Kier molecular flexibility index (Phi) is 8.87. The molecule has 0 saturated carbocycles. The molecule has 9 nitrogen and oxygen atoms in total. The number of nitrogens with one attached hydrogen (secondary N) is 2. The van der Waals surface area contributed by atoms with Crippen molar-refractivity contribution in [2.75, 3.05) is 50.0 Å². The van der Waals surface area contributed by atoms with Gasteiger partial charge in [0.05, 0.1) is 23.0 Å². The van der Waals surface area contributed by atoms with Crippen LogP contribution in [0.2, 0.25) is 0 Å². The first-order valence-electron chi connectivity index (χ1n) is 13.2. The van der Waals surface area contributed by atoms with E-state index in [1.165, 1.54) is 17.0 Å². The van der Waals surface area contributed by atoms with Gasteiger partial charge >= 0.3 is 6.09 Å². The number of alkyl halides is 2. The summed E-state index contributed by atoms with van der Waals surface area (Å²) in [6.07, 6.45) is -0.701. The number of likely N-dealkylation sites (N-methyl/N-ethyl adjacent to an activating group) is 1. The SMILES string of the molecule is CC(C)OC(=O)N1CC=C(c2cc(NC(=O)c3c[nH]c(=O)cc3C(F)F)c(N3CCN(C)[C@H](C)C3)cc2F)CC1. The first kappa shape index (κ1) is 29.2. The number of anilines is 2.